The predicted octanol–water partition coefficient (Wildman–Crippen LogP) is 4.38. The zero-order valence-corrected chi connectivity index (χ0v) is 32.4. The molecule has 7 rings (SSSR count). The van der Waals surface area contributed by atoms with Gasteiger partial charge in [-0.25, -0.2) is 13.2 Å². The van der Waals surface area contributed by atoms with Gasteiger partial charge < -0.3 is 25.7 Å². The van der Waals surface area contributed by atoms with Gasteiger partial charge in [0.2, 0.25) is 21.8 Å². The maximum absolute atomic E-state index is 14.6. The summed E-state index contributed by atoms with van der Waals surface area (Å²) in [7, 11) is -3.89. The summed E-state index contributed by atoms with van der Waals surface area (Å²) in [4.78, 5) is 63.2. The number of nitrogens with zero attached hydrogens (tertiary/aromatic N) is 2. The van der Waals surface area contributed by atoms with E-state index in [1.54, 1.807) is 0 Å². The van der Waals surface area contributed by atoms with Crippen molar-refractivity contribution in [2.75, 3.05) is 13.1 Å². The molecule has 0 aromatic heterocycles. The minimum atomic E-state index is -3.89. The normalized spacial score (nSPS) is 28.5. The minimum absolute atomic E-state index is 0.0268. The van der Waals surface area contributed by atoms with Crippen molar-refractivity contribution in [2.45, 2.75) is 101 Å². The Hall–Kier alpha value is -4.98. The van der Waals surface area contributed by atoms with Gasteiger partial charge in [-0.1, -0.05) is 87.0 Å². The fraction of sp³-hybridized carbons (Fsp3) is 0.488. The third-order valence-corrected chi connectivity index (χ3v) is 13.0. The van der Waals surface area contributed by atoms with E-state index in [1.165, 1.54) is 11.0 Å². The van der Waals surface area contributed by atoms with Crippen molar-refractivity contribution in [1.82, 2.24) is 25.6 Å². The first kappa shape index (κ1) is 38.3. The van der Waals surface area contributed by atoms with Crippen LogP contribution in [0.4, 0.5) is 4.79 Å². The van der Waals surface area contributed by atoms with Crippen molar-refractivity contribution in [2.24, 2.45) is 16.5 Å². The Labute approximate surface area is 322 Å². The number of fused-ring (bicyclic) bond motifs is 6. The van der Waals surface area contributed by atoms with Gasteiger partial charge in [0.1, 0.15) is 29.4 Å². The molecule has 2 aromatic carbocycles. The summed E-state index contributed by atoms with van der Waals surface area (Å²) < 4.78 is 27.6. The number of sulfonamides is 1. The Morgan fingerprint density at radius 2 is 1.78 bits per heavy atom. The lowest BCUT2D eigenvalue weighted by Gasteiger charge is -2.35. The number of hydrogen-bond donors (Lipinski definition) is 4. The van der Waals surface area contributed by atoms with Crippen LogP contribution < -0.4 is 20.7 Å². The van der Waals surface area contributed by atoms with Crippen LogP contribution in [0.2, 0.25) is 0 Å². The molecule has 13 nitrogen and oxygen atoms in total. The fourth-order valence-electron chi connectivity index (χ4n) is 7.76. The highest BCUT2D eigenvalue weighted by atomic mass is 32.2. The van der Waals surface area contributed by atoms with Crippen LogP contribution in [0.1, 0.15) is 88.8 Å². The number of oxime groups is 1. The number of benzene rings is 2. The van der Waals surface area contributed by atoms with E-state index >= 15 is 0 Å². The second kappa shape index (κ2) is 14.9. The highest BCUT2D eigenvalue weighted by molar-refractivity contribution is 7.91. The smallest absolute Gasteiger partial charge is 0.315 e. The first-order valence-electron chi connectivity index (χ1n) is 19.2. The standard InChI is InChI=1S/C41H50N6O7S/c1-5-26-23-41(26,38(50)46-55(52,53)28-17-18-28)44-36(48)33-22-27-24-47(33)37(49)35(40(2,3)4)43-39(51)42-20-12-8-6-7-9-13-25-16-19-30-29-14-10-11-15-31(29)34(45-54-27)32(30)21-25/h5,9-11,13-16,19,21,26-28,33,35H,1,6-8,12,17-18,20,22-24H2,2-4H3,(H,44,48)(H,46,50)(H2,42,43,51)/b13-9+,45-34+/t26-,27?,33?,35-,41?/m1/s1. The molecule has 0 spiro atoms. The monoisotopic (exact) mass is 770 g/mol. The molecule has 4 bridgehead atoms. The molecule has 5 amide bonds. The Kier molecular flexibility index (Phi) is 10.4. The summed E-state index contributed by atoms with van der Waals surface area (Å²) in [5, 5.41) is 12.6. The summed E-state index contributed by atoms with van der Waals surface area (Å²) in [5.74, 6) is -2.48. The Balaban J connectivity index is 1.22. The van der Waals surface area contributed by atoms with Crippen LogP contribution >= 0.6 is 0 Å². The summed E-state index contributed by atoms with van der Waals surface area (Å²) in [5.41, 5.74) is 3.23. The molecule has 3 unspecified atom stereocenters. The molecule has 3 fully saturated rings. The molecular weight excluding hydrogens is 721 g/mol. The molecule has 292 valence electrons. The van der Waals surface area contributed by atoms with Crippen molar-refractivity contribution in [3.63, 3.8) is 0 Å². The van der Waals surface area contributed by atoms with Crippen LogP contribution in [0.3, 0.4) is 0 Å². The number of hydrogen-bond acceptors (Lipinski definition) is 8. The summed E-state index contributed by atoms with van der Waals surface area (Å²) in [6, 6.07) is 11.6. The van der Waals surface area contributed by atoms with Crippen molar-refractivity contribution in [1.29, 1.82) is 0 Å². The van der Waals surface area contributed by atoms with Gasteiger partial charge >= 0.3 is 6.03 Å². The van der Waals surface area contributed by atoms with Gasteiger partial charge in [0, 0.05) is 30.0 Å². The maximum atomic E-state index is 14.6. The highest BCUT2D eigenvalue weighted by Crippen LogP contribution is 2.46. The molecule has 2 aliphatic heterocycles. The molecule has 14 heteroatoms. The van der Waals surface area contributed by atoms with Crippen LogP contribution in [0.25, 0.3) is 17.2 Å². The molecule has 55 heavy (non-hydrogen) atoms. The highest BCUT2D eigenvalue weighted by Gasteiger charge is 2.62. The Morgan fingerprint density at radius 1 is 1.04 bits per heavy atom. The second-order valence-electron chi connectivity index (χ2n) is 16.4. The molecule has 5 aliphatic rings. The van der Waals surface area contributed by atoms with Gasteiger partial charge in [-0.05, 0) is 66.7 Å². The van der Waals surface area contributed by atoms with E-state index in [9.17, 15) is 27.6 Å². The first-order valence-corrected chi connectivity index (χ1v) is 20.8. The molecule has 5 atom stereocenters. The van der Waals surface area contributed by atoms with E-state index < -0.39 is 74.1 Å². The van der Waals surface area contributed by atoms with Crippen LogP contribution in [0.5, 0.6) is 0 Å². The minimum Gasteiger partial charge on any atom is -0.390 e. The third kappa shape index (κ3) is 7.91. The number of rotatable bonds is 6. The van der Waals surface area contributed by atoms with Crippen LogP contribution in [-0.2, 0) is 29.2 Å². The van der Waals surface area contributed by atoms with Gasteiger partial charge in [0.05, 0.1) is 11.8 Å². The van der Waals surface area contributed by atoms with E-state index in [2.05, 4.69) is 57.6 Å². The number of amides is 5. The Bertz CT molecular complexity index is 2070. The lowest BCUT2D eigenvalue weighted by molar-refractivity contribution is -0.142. The quantitative estimate of drug-likeness (QED) is 0.269. The molecule has 3 aliphatic carbocycles. The first-order chi connectivity index (χ1) is 26.2. The number of allylic oxidation sites excluding steroid dienone is 1. The predicted molar refractivity (Wildman–Crippen MR) is 209 cm³/mol. The van der Waals surface area contributed by atoms with E-state index in [-0.39, 0.29) is 19.4 Å². The van der Waals surface area contributed by atoms with Gasteiger partial charge in [-0.2, -0.15) is 0 Å². The van der Waals surface area contributed by atoms with E-state index in [4.69, 9.17) is 9.99 Å². The molecule has 1 saturated heterocycles. The molecule has 2 saturated carbocycles. The van der Waals surface area contributed by atoms with Crippen LogP contribution in [-0.4, -0.2) is 84.8 Å². The SMILES string of the molecule is C=C[C@@H]1CC1(NC(=O)C1CC2CN1C(=O)[C@H](C(C)(C)C)NC(=O)NCCCCC/C=C/c1ccc3c(c1)/C(=N/O2)c1ccccc1-3)C(=O)NS(=O)(=O)C1CC1. The average Bonchev–Trinajstić information content (AvgIpc) is 4.06. The van der Waals surface area contributed by atoms with Crippen molar-refractivity contribution < 1.29 is 32.4 Å². The number of urea groups is 1. The van der Waals surface area contributed by atoms with Crippen molar-refractivity contribution in [3.8, 4) is 11.1 Å². The van der Waals surface area contributed by atoms with E-state index in [0.717, 1.165) is 53.5 Å². The topological polar surface area (TPSA) is 175 Å². The van der Waals surface area contributed by atoms with E-state index in [0.29, 0.717) is 25.1 Å². The molecule has 0 radical (unpaired) electrons. The fourth-order valence-corrected chi connectivity index (χ4v) is 9.12. The number of carbonyl (C=O) groups excluding carboxylic acids is 4. The summed E-state index contributed by atoms with van der Waals surface area (Å²) >= 11 is 0. The lowest BCUT2D eigenvalue weighted by atomic mass is 9.85. The zero-order valence-electron chi connectivity index (χ0n) is 31.6. The average molecular weight is 771 g/mol. The summed E-state index contributed by atoms with van der Waals surface area (Å²) in [6.45, 7) is 9.69. The molecule has 2 heterocycles. The third-order valence-electron chi connectivity index (χ3n) is 11.2. The lowest BCUT2D eigenvalue weighted by Crippen LogP contribution is -2.61. The maximum Gasteiger partial charge on any atom is 0.315 e. The van der Waals surface area contributed by atoms with E-state index in [1.807, 2.05) is 45.0 Å². The second-order valence-corrected chi connectivity index (χ2v) is 18.4. The molecule has 4 N–H and O–H groups in total. The van der Waals surface area contributed by atoms with Crippen molar-refractivity contribution in [3.05, 3.63) is 77.9 Å². The molecular formula is C41H50N6O7S. The number of nitrogens with one attached hydrogen (secondary N) is 4. The van der Waals surface area contributed by atoms with Crippen LogP contribution in [0, 0.1) is 11.3 Å². The zero-order chi connectivity index (χ0) is 39.1. The Morgan fingerprint density at radius 3 is 2.49 bits per heavy atom. The van der Waals surface area contributed by atoms with Gasteiger partial charge in [0.25, 0.3) is 5.91 Å². The largest absolute Gasteiger partial charge is 0.390 e. The van der Waals surface area contributed by atoms with Gasteiger partial charge in [-0.3, -0.25) is 19.1 Å². The van der Waals surface area contributed by atoms with Gasteiger partial charge in [-0.15, -0.1) is 6.58 Å². The van der Waals surface area contributed by atoms with Crippen LogP contribution in [0.15, 0.2) is 66.4 Å². The van der Waals surface area contributed by atoms with Gasteiger partial charge in [0.15, 0.2) is 0 Å². The summed E-state index contributed by atoms with van der Waals surface area (Å²) in [6.07, 6.45) is 9.67. The number of carbonyl (C=O) groups is 4. The van der Waals surface area contributed by atoms with Crippen molar-refractivity contribution >= 4 is 45.6 Å². The molecule has 2 aromatic rings.